The number of hydrogen-bond donors (Lipinski definition) is 1. The molecule has 0 saturated carbocycles. The van der Waals surface area contributed by atoms with Gasteiger partial charge in [-0.3, -0.25) is 0 Å². The second kappa shape index (κ2) is 9.21. The van der Waals surface area contributed by atoms with E-state index in [2.05, 4.69) is 76.1 Å². The number of aryl methyl sites for hydroxylation is 6. The van der Waals surface area contributed by atoms with Crippen molar-refractivity contribution in [2.45, 2.75) is 47.1 Å². The lowest BCUT2D eigenvalue weighted by Crippen LogP contribution is -2.50. The maximum absolute atomic E-state index is 12.9. The molecule has 1 N–H and O–H groups in total. The van der Waals surface area contributed by atoms with Crippen LogP contribution in [0.1, 0.15) is 50.1 Å². The van der Waals surface area contributed by atoms with Crippen LogP contribution in [0.2, 0.25) is 0 Å². The second-order valence-electron chi connectivity index (χ2n) is 10.4. The molecule has 2 aliphatic heterocycles. The van der Waals surface area contributed by atoms with Crippen molar-refractivity contribution < 1.29 is 14.8 Å². The average Bonchev–Trinajstić information content (AvgIpc) is 3.49. The van der Waals surface area contributed by atoms with Gasteiger partial charge in [0, 0.05) is 11.1 Å². The molecule has 36 heavy (non-hydrogen) atoms. The van der Waals surface area contributed by atoms with Gasteiger partial charge in [0.2, 0.25) is 0 Å². The molecule has 2 atom stereocenters. The molecule has 0 aromatic heterocycles. The zero-order valence-electron chi connectivity index (χ0n) is 21.9. The highest BCUT2D eigenvalue weighted by Crippen LogP contribution is 2.45. The maximum Gasteiger partial charge on any atom is 0.128 e. The van der Waals surface area contributed by atoms with E-state index in [9.17, 15) is 5.11 Å². The van der Waals surface area contributed by atoms with Crippen molar-refractivity contribution in [3.63, 3.8) is 0 Å². The molecule has 3 aromatic rings. The Bertz CT molecular complexity index is 1240. The van der Waals surface area contributed by atoms with Crippen LogP contribution in [-0.4, -0.2) is 29.7 Å². The van der Waals surface area contributed by atoms with Crippen LogP contribution in [0.3, 0.4) is 0 Å². The van der Waals surface area contributed by atoms with Gasteiger partial charge in [-0.15, -0.1) is 0 Å². The van der Waals surface area contributed by atoms with Crippen molar-refractivity contribution in [3.05, 3.63) is 105 Å². The summed E-state index contributed by atoms with van der Waals surface area (Å²) in [5.41, 5.74) is 9.99. The quantitative estimate of drug-likeness (QED) is 0.498. The van der Waals surface area contributed by atoms with Crippen LogP contribution in [-0.2, 0) is 15.3 Å². The van der Waals surface area contributed by atoms with Gasteiger partial charge in [-0.1, -0.05) is 76.0 Å². The van der Waals surface area contributed by atoms with E-state index in [1.54, 1.807) is 0 Å². The van der Waals surface area contributed by atoms with E-state index in [0.29, 0.717) is 0 Å². The van der Waals surface area contributed by atoms with Crippen LogP contribution in [0.15, 0.2) is 64.9 Å². The van der Waals surface area contributed by atoms with Crippen LogP contribution in [0.25, 0.3) is 0 Å². The molecule has 186 valence electrons. The van der Waals surface area contributed by atoms with Crippen molar-refractivity contribution in [2.75, 3.05) is 13.2 Å². The molecule has 0 saturated heterocycles. The summed E-state index contributed by atoms with van der Waals surface area (Å²) in [5.74, 6) is -0.800. The third-order valence-corrected chi connectivity index (χ3v) is 7.63. The molecule has 0 amide bonds. The number of benzene rings is 3. The first-order valence-electron chi connectivity index (χ1n) is 12.6. The minimum absolute atomic E-state index is 0.281. The predicted octanol–water partition coefficient (Wildman–Crippen LogP) is 5.83. The minimum atomic E-state index is -1.35. The van der Waals surface area contributed by atoms with E-state index >= 15 is 0 Å². The Balaban J connectivity index is 1.68. The molecule has 5 rings (SSSR count). The lowest BCUT2D eigenvalue weighted by Gasteiger charge is -2.39. The van der Waals surface area contributed by atoms with E-state index in [1.807, 2.05) is 30.3 Å². The first-order chi connectivity index (χ1) is 17.2. The Morgan fingerprint density at radius 3 is 1.44 bits per heavy atom. The molecule has 0 aliphatic carbocycles. The van der Waals surface area contributed by atoms with Gasteiger partial charge in [-0.2, -0.15) is 0 Å². The normalized spacial score (nSPS) is 20.9. The smallest absolute Gasteiger partial charge is 0.128 e. The summed E-state index contributed by atoms with van der Waals surface area (Å²) >= 11 is 0. The van der Waals surface area contributed by atoms with Crippen molar-refractivity contribution in [1.29, 1.82) is 0 Å². The third-order valence-electron chi connectivity index (χ3n) is 7.63. The zero-order valence-corrected chi connectivity index (χ0v) is 21.9. The highest BCUT2D eigenvalue weighted by Gasteiger charge is 2.54. The molecule has 5 heteroatoms. The first kappa shape index (κ1) is 24.3. The van der Waals surface area contributed by atoms with Crippen LogP contribution in [0.5, 0.6) is 0 Å². The van der Waals surface area contributed by atoms with Gasteiger partial charge < -0.3 is 14.8 Å². The van der Waals surface area contributed by atoms with Crippen LogP contribution < -0.4 is 0 Å². The van der Waals surface area contributed by atoms with Crippen LogP contribution in [0, 0.1) is 53.4 Å². The summed E-state index contributed by atoms with van der Waals surface area (Å²) in [4.78, 5) is 11.5. The van der Waals surface area contributed by atoms with Gasteiger partial charge in [0.15, 0.2) is 0 Å². The van der Waals surface area contributed by atoms with E-state index in [0.717, 1.165) is 50.4 Å². The fraction of sp³-hybridized carbons (Fsp3) is 0.355. The van der Waals surface area contributed by atoms with Gasteiger partial charge in [-0.05, 0) is 69.4 Å². The van der Waals surface area contributed by atoms with Crippen molar-refractivity contribution in [3.8, 4) is 0 Å². The maximum atomic E-state index is 12.9. The summed E-state index contributed by atoms with van der Waals surface area (Å²) < 4.78 is 0. The first-order valence-corrected chi connectivity index (χ1v) is 12.6. The number of nitrogens with zero attached hydrogens (tertiary/aromatic N) is 2. The zero-order chi connectivity index (χ0) is 25.6. The monoisotopic (exact) mass is 482 g/mol. The van der Waals surface area contributed by atoms with Crippen molar-refractivity contribution in [1.82, 2.24) is 0 Å². The molecule has 0 radical (unpaired) electrons. The fourth-order valence-electron chi connectivity index (χ4n) is 6.28. The van der Waals surface area contributed by atoms with E-state index < -0.39 is 17.4 Å². The van der Waals surface area contributed by atoms with E-state index in [4.69, 9.17) is 9.68 Å². The molecule has 0 spiro atoms. The highest BCUT2D eigenvalue weighted by atomic mass is 16.6. The Morgan fingerprint density at radius 1 is 0.667 bits per heavy atom. The Labute approximate surface area is 213 Å². The molecule has 0 fully saturated rings. The molecule has 2 heterocycles. The number of hydrogen-bond acceptors (Lipinski definition) is 5. The van der Waals surface area contributed by atoms with Crippen LogP contribution in [0.4, 0.5) is 0 Å². The van der Waals surface area contributed by atoms with Gasteiger partial charge in [-0.25, -0.2) is 0 Å². The summed E-state index contributed by atoms with van der Waals surface area (Å²) in [7, 11) is 0. The Morgan fingerprint density at radius 2 is 1.06 bits per heavy atom. The molecule has 5 nitrogen and oxygen atoms in total. The van der Waals surface area contributed by atoms with Gasteiger partial charge in [0.1, 0.15) is 18.8 Å². The number of rotatable bonds is 5. The second-order valence-corrected chi connectivity index (χ2v) is 10.4. The lowest BCUT2D eigenvalue weighted by atomic mass is 9.67. The van der Waals surface area contributed by atoms with E-state index in [1.165, 1.54) is 11.1 Å². The third kappa shape index (κ3) is 3.92. The largest absolute Gasteiger partial charge is 0.395 e. The summed E-state index contributed by atoms with van der Waals surface area (Å²) in [6.07, 6.45) is 0. The van der Waals surface area contributed by atoms with Crippen molar-refractivity contribution in [2.24, 2.45) is 22.1 Å². The standard InChI is InChI=1S/C31H34N2O3/c1-18-12-20(3)27(21(4)13-18)29-25(16-35-32-29)31(34,24-10-8-7-9-11-24)26-17-36-33-30(26)28-22(5)14-19(2)15-23(28)6/h7-15,25-26,34H,16-17H2,1-6H3. The molecule has 0 bridgehead atoms. The summed E-state index contributed by atoms with van der Waals surface area (Å²) in [6, 6.07) is 18.5. The molecule has 3 aromatic carbocycles. The van der Waals surface area contributed by atoms with Gasteiger partial charge >= 0.3 is 0 Å². The van der Waals surface area contributed by atoms with E-state index in [-0.39, 0.29) is 13.2 Å². The molecule has 2 unspecified atom stereocenters. The molecular formula is C31H34N2O3. The summed E-state index contributed by atoms with van der Waals surface area (Å²) in [6.45, 7) is 13.1. The highest BCUT2D eigenvalue weighted by molar-refractivity contribution is 6.09. The topological polar surface area (TPSA) is 63.4 Å². The average molecular weight is 483 g/mol. The number of aliphatic hydroxyl groups is 1. The molecule has 2 aliphatic rings. The van der Waals surface area contributed by atoms with Gasteiger partial charge in [0.05, 0.1) is 23.3 Å². The summed E-state index contributed by atoms with van der Waals surface area (Å²) in [5, 5.41) is 21.9. The Hall–Kier alpha value is -3.44. The van der Waals surface area contributed by atoms with Crippen molar-refractivity contribution >= 4 is 11.4 Å². The molecular weight excluding hydrogens is 448 g/mol. The Kier molecular flexibility index (Phi) is 6.21. The van der Waals surface area contributed by atoms with Crippen LogP contribution >= 0.6 is 0 Å². The lowest BCUT2D eigenvalue weighted by molar-refractivity contribution is -0.0586. The minimum Gasteiger partial charge on any atom is -0.395 e. The predicted molar refractivity (Wildman–Crippen MR) is 144 cm³/mol. The number of oxime groups is 2. The van der Waals surface area contributed by atoms with Gasteiger partial charge in [0.25, 0.3) is 0 Å². The SMILES string of the molecule is Cc1cc(C)c(C2=NOCC2C(O)(c2ccccc2)C2CON=C2c2c(C)cc(C)cc2C)c(C)c1. The fourth-order valence-corrected chi connectivity index (χ4v) is 6.28.